The molecule has 1 aliphatic heterocycles. The van der Waals surface area contributed by atoms with Crippen LogP contribution in [0.15, 0.2) is 66.9 Å². The van der Waals surface area contributed by atoms with E-state index >= 15 is 0 Å². The fourth-order valence-electron chi connectivity index (χ4n) is 3.52. The van der Waals surface area contributed by atoms with E-state index in [0.29, 0.717) is 41.0 Å². The van der Waals surface area contributed by atoms with Gasteiger partial charge in [0.2, 0.25) is 12.0 Å². The number of nitrogens with zero attached hydrogens (tertiary/aromatic N) is 2. The van der Waals surface area contributed by atoms with E-state index in [9.17, 15) is 9.59 Å². The van der Waals surface area contributed by atoms with Crippen LogP contribution in [0.25, 0.3) is 0 Å². The molecule has 1 unspecified atom stereocenters. The third-order valence-electron chi connectivity index (χ3n) is 5.07. The van der Waals surface area contributed by atoms with Crippen LogP contribution in [-0.4, -0.2) is 30.5 Å². The van der Waals surface area contributed by atoms with Crippen LogP contribution in [0.4, 0.5) is 11.5 Å². The van der Waals surface area contributed by atoms with Gasteiger partial charge in [-0.2, -0.15) is 0 Å². The number of pyridine rings is 1. The smallest absolute Gasteiger partial charge is 0.274 e. The highest BCUT2D eigenvalue weighted by molar-refractivity contribution is 6.32. The van der Waals surface area contributed by atoms with Gasteiger partial charge >= 0.3 is 0 Å². The van der Waals surface area contributed by atoms with Crippen LogP contribution < -0.4 is 19.7 Å². The molecule has 4 rings (SSSR count). The van der Waals surface area contributed by atoms with Gasteiger partial charge in [0.25, 0.3) is 5.91 Å². The number of carbonyl (C=O) groups excluding carboxylic acids is 2. The maximum absolute atomic E-state index is 13.2. The minimum atomic E-state index is -0.747. The molecule has 32 heavy (non-hydrogen) atoms. The van der Waals surface area contributed by atoms with Crippen molar-refractivity contribution >= 4 is 34.9 Å². The lowest BCUT2D eigenvalue weighted by atomic mass is 10.1. The molecule has 0 saturated heterocycles. The summed E-state index contributed by atoms with van der Waals surface area (Å²) in [6.07, 6.45) is 1.56. The van der Waals surface area contributed by atoms with Gasteiger partial charge in [0.15, 0.2) is 11.6 Å². The van der Waals surface area contributed by atoms with Crippen molar-refractivity contribution in [3.63, 3.8) is 0 Å². The summed E-state index contributed by atoms with van der Waals surface area (Å²) in [5.41, 5.74) is 1.35. The van der Waals surface area contributed by atoms with Crippen molar-refractivity contribution < 1.29 is 19.1 Å². The second-order valence-electron chi connectivity index (χ2n) is 7.22. The van der Waals surface area contributed by atoms with E-state index in [2.05, 4.69) is 10.3 Å². The summed E-state index contributed by atoms with van der Waals surface area (Å²) in [7, 11) is 1.53. The topological polar surface area (TPSA) is 80.8 Å². The van der Waals surface area contributed by atoms with Crippen molar-refractivity contribution in [3.8, 4) is 11.5 Å². The monoisotopic (exact) mass is 451 g/mol. The van der Waals surface area contributed by atoms with E-state index < -0.39 is 6.10 Å². The molecule has 0 radical (unpaired) electrons. The van der Waals surface area contributed by atoms with Gasteiger partial charge in [-0.1, -0.05) is 41.9 Å². The van der Waals surface area contributed by atoms with Gasteiger partial charge in [0.1, 0.15) is 5.75 Å². The van der Waals surface area contributed by atoms with Gasteiger partial charge in [-0.05, 0) is 36.8 Å². The average molecular weight is 452 g/mol. The Labute approximate surface area is 190 Å². The Morgan fingerprint density at radius 2 is 2.00 bits per heavy atom. The first-order chi connectivity index (χ1) is 15.6. The predicted octanol–water partition coefficient (Wildman–Crippen LogP) is 4.63. The molecular weight excluding hydrogens is 430 g/mol. The van der Waals surface area contributed by atoms with Crippen LogP contribution in [0.2, 0.25) is 5.02 Å². The Morgan fingerprint density at radius 3 is 2.75 bits per heavy atom. The van der Waals surface area contributed by atoms with Gasteiger partial charge in [-0.15, -0.1) is 0 Å². The first-order valence-corrected chi connectivity index (χ1v) is 10.6. The maximum Gasteiger partial charge on any atom is 0.274 e. The van der Waals surface area contributed by atoms with Gasteiger partial charge in [0, 0.05) is 30.4 Å². The van der Waals surface area contributed by atoms with Gasteiger partial charge in [0.05, 0.1) is 12.1 Å². The number of aromatic nitrogens is 1. The molecule has 0 spiro atoms. The Kier molecular flexibility index (Phi) is 6.56. The number of benzene rings is 2. The summed E-state index contributed by atoms with van der Waals surface area (Å²) in [4.78, 5) is 31.5. The molecule has 0 saturated carbocycles. The number of ether oxygens (including phenoxy) is 2. The lowest BCUT2D eigenvalue weighted by Gasteiger charge is -2.33. The molecule has 3 aromatic rings. The lowest BCUT2D eigenvalue weighted by Crippen LogP contribution is -2.42. The first-order valence-electron chi connectivity index (χ1n) is 10.2. The summed E-state index contributed by atoms with van der Waals surface area (Å²) in [6, 6.07) is 17.9. The largest absolute Gasteiger partial charge is 0.495 e. The quantitative estimate of drug-likeness (QED) is 0.566. The molecule has 2 amide bonds. The van der Waals surface area contributed by atoms with E-state index in [1.807, 2.05) is 30.3 Å². The van der Waals surface area contributed by atoms with Crippen LogP contribution in [0.5, 0.6) is 11.5 Å². The van der Waals surface area contributed by atoms with Crippen LogP contribution in [-0.2, 0) is 9.59 Å². The third kappa shape index (κ3) is 4.68. The lowest BCUT2D eigenvalue weighted by molar-refractivity contribution is -0.127. The highest BCUT2D eigenvalue weighted by atomic mass is 35.5. The number of anilines is 2. The van der Waals surface area contributed by atoms with Crippen molar-refractivity contribution in [2.75, 3.05) is 23.9 Å². The molecule has 8 heteroatoms. The van der Waals surface area contributed by atoms with Crippen LogP contribution in [0.1, 0.15) is 24.5 Å². The maximum atomic E-state index is 13.2. The van der Waals surface area contributed by atoms with Crippen LogP contribution >= 0.6 is 11.6 Å². The van der Waals surface area contributed by atoms with Crippen molar-refractivity contribution in [2.24, 2.45) is 0 Å². The van der Waals surface area contributed by atoms with E-state index in [4.69, 9.17) is 21.1 Å². The van der Waals surface area contributed by atoms with Crippen LogP contribution in [0, 0.1) is 0 Å². The second-order valence-corrected chi connectivity index (χ2v) is 7.63. The second kappa shape index (κ2) is 9.70. The summed E-state index contributed by atoms with van der Waals surface area (Å²) in [5.74, 6) is 1.16. The molecule has 0 bridgehead atoms. The van der Waals surface area contributed by atoms with Crippen molar-refractivity contribution in [1.29, 1.82) is 0 Å². The number of hydrogen-bond acceptors (Lipinski definition) is 5. The van der Waals surface area contributed by atoms with Crippen LogP contribution in [0.3, 0.4) is 0 Å². The molecule has 0 fully saturated rings. The Bertz CT molecular complexity index is 1120. The van der Waals surface area contributed by atoms with Crippen molar-refractivity contribution in [3.05, 3.63) is 77.4 Å². The minimum absolute atomic E-state index is 0.173. The fraction of sp³-hybridized carbons (Fsp3) is 0.208. The number of carbonyl (C=O) groups is 2. The number of halogens is 1. The molecular formula is C24H22ClN3O4. The molecule has 1 atom stereocenters. The minimum Gasteiger partial charge on any atom is -0.495 e. The number of amides is 2. The number of fused-ring (bicyclic) bond motifs is 1. The molecule has 164 valence electrons. The number of nitrogens with one attached hydrogen (secondary N) is 1. The van der Waals surface area contributed by atoms with E-state index in [1.165, 1.54) is 7.11 Å². The normalized spacial score (nSPS) is 15.0. The van der Waals surface area contributed by atoms with E-state index in [0.717, 1.165) is 5.56 Å². The average Bonchev–Trinajstić information content (AvgIpc) is 2.81. The molecule has 2 aromatic carbocycles. The van der Waals surface area contributed by atoms with Gasteiger partial charge in [-0.25, -0.2) is 4.98 Å². The Morgan fingerprint density at radius 1 is 1.19 bits per heavy atom. The Hall–Kier alpha value is -3.58. The molecule has 0 aliphatic carbocycles. The summed E-state index contributed by atoms with van der Waals surface area (Å²) < 4.78 is 11.1. The van der Waals surface area contributed by atoms with Gasteiger partial charge < -0.3 is 14.8 Å². The molecule has 2 heterocycles. The molecule has 1 aromatic heterocycles. The number of hydrogen-bond donors (Lipinski definition) is 1. The van der Waals surface area contributed by atoms with Crippen molar-refractivity contribution in [2.45, 2.75) is 18.9 Å². The number of rotatable bonds is 7. The fourth-order valence-corrected chi connectivity index (χ4v) is 3.78. The van der Waals surface area contributed by atoms with E-state index in [-0.39, 0.29) is 18.2 Å². The highest BCUT2D eigenvalue weighted by Gasteiger charge is 2.36. The Balaban J connectivity index is 1.42. The van der Waals surface area contributed by atoms with Gasteiger partial charge in [-0.3, -0.25) is 14.5 Å². The van der Waals surface area contributed by atoms with E-state index in [1.54, 1.807) is 41.4 Å². The number of methoxy groups -OCH3 is 1. The molecule has 1 aliphatic rings. The zero-order valence-corrected chi connectivity index (χ0v) is 18.2. The summed E-state index contributed by atoms with van der Waals surface area (Å²) in [5, 5.41) is 3.23. The third-order valence-corrected chi connectivity index (χ3v) is 5.36. The molecule has 7 nitrogen and oxygen atoms in total. The molecule has 1 N–H and O–H groups in total. The standard InChI is InChI=1S/C24H22ClN3O4/c1-31-19-12-11-17(15-18(19)25)27-21(29)10-6-14-28-23-20(9-5-13-26-23)32-22(24(28)30)16-7-3-2-4-8-16/h2-5,7-9,11-13,15,22H,6,10,14H2,1H3,(H,27,29). The highest BCUT2D eigenvalue weighted by Crippen LogP contribution is 2.37. The predicted molar refractivity (Wildman–Crippen MR) is 122 cm³/mol. The summed E-state index contributed by atoms with van der Waals surface area (Å²) in [6.45, 7) is 0.340. The first kappa shape index (κ1) is 21.6. The van der Waals surface area contributed by atoms with Crippen molar-refractivity contribution in [1.82, 2.24) is 4.98 Å². The summed E-state index contributed by atoms with van der Waals surface area (Å²) >= 11 is 6.11. The SMILES string of the molecule is COc1ccc(NC(=O)CCCN2C(=O)C(c3ccccc3)Oc3cccnc32)cc1Cl. The zero-order chi connectivity index (χ0) is 22.5. The zero-order valence-electron chi connectivity index (χ0n) is 17.5.